The Labute approximate surface area is 206 Å². The Balaban J connectivity index is 1.41. The van der Waals surface area contributed by atoms with Crippen molar-refractivity contribution in [1.29, 1.82) is 0 Å². The average molecular weight is 524 g/mol. The van der Waals surface area contributed by atoms with E-state index in [9.17, 15) is 26.8 Å². The molecular formula is C24H24ClF2N3O4S. The predicted octanol–water partition coefficient (Wildman–Crippen LogP) is 3.53. The number of amides is 2. The fourth-order valence-corrected chi connectivity index (χ4v) is 5.96. The third kappa shape index (κ3) is 4.42. The quantitative estimate of drug-likeness (QED) is 0.584. The van der Waals surface area contributed by atoms with Gasteiger partial charge in [0.25, 0.3) is 5.91 Å². The number of piperidine rings is 1. The Morgan fingerprint density at radius 2 is 1.89 bits per heavy atom. The number of nitrogens with zero attached hydrogens (tertiary/aromatic N) is 2. The highest BCUT2D eigenvalue weighted by Gasteiger charge is 2.61. The predicted molar refractivity (Wildman–Crippen MR) is 123 cm³/mol. The van der Waals surface area contributed by atoms with Crippen molar-refractivity contribution >= 4 is 33.3 Å². The van der Waals surface area contributed by atoms with Crippen LogP contribution < -0.4 is 5.32 Å². The first-order valence-corrected chi connectivity index (χ1v) is 13.7. The van der Waals surface area contributed by atoms with E-state index in [1.807, 2.05) is 6.92 Å². The zero-order valence-corrected chi connectivity index (χ0v) is 20.6. The topological polar surface area (TPSA) is 96.4 Å². The number of likely N-dealkylation sites (tertiary alicyclic amines) is 1. The van der Waals surface area contributed by atoms with E-state index in [0.29, 0.717) is 6.42 Å². The van der Waals surface area contributed by atoms with Crippen molar-refractivity contribution in [2.45, 2.75) is 49.2 Å². The molecule has 0 spiro atoms. The highest BCUT2D eigenvalue weighted by molar-refractivity contribution is 7.90. The summed E-state index contributed by atoms with van der Waals surface area (Å²) in [7, 11) is -3.57. The molecule has 2 amide bonds. The second-order valence-electron chi connectivity index (χ2n) is 9.77. The number of hydrogen-bond acceptors (Lipinski definition) is 5. The lowest BCUT2D eigenvalue weighted by molar-refractivity contribution is -0.126. The number of carbonyl (C=O) groups is 2. The summed E-state index contributed by atoms with van der Waals surface area (Å²) in [6.45, 7) is 1.99. The van der Waals surface area contributed by atoms with Crippen molar-refractivity contribution in [2.24, 2.45) is 17.8 Å². The fraction of sp³-hybridized carbons (Fsp3) is 0.458. The zero-order chi connectivity index (χ0) is 25.2. The molecule has 186 valence electrons. The van der Waals surface area contributed by atoms with E-state index < -0.39 is 45.4 Å². The van der Waals surface area contributed by atoms with Gasteiger partial charge in [0, 0.05) is 30.3 Å². The van der Waals surface area contributed by atoms with Gasteiger partial charge in [-0.2, -0.15) is 0 Å². The van der Waals surface area contributed by atoms with Gasteiger partial charge < -0.3 is 10.2 Å². The van der Waals surface area contributed by atoms with Crippen LogP contribution in [0.1, 0.15) is 48.1 Å². The molecule has 1 aliphatic heterocycles. The number of sulfone groups is 1. The molecule has 1 aromatic heterocycles. The molecule has 0 radical (unpaired) electrons. The molecule has 35 heavy (non-hydrogen) atoms. The number of rotatable bonds is 6. The number of benzene rings is 1. The van der Waals surface area contributed by atoms with Gasteiger partial charge in [0.2, 0.25) is 5.91 Å². The maximum atomic E-state index is 14.7. The van der Waals surface area contributed by atoms with Crippen molar-refractivity contribution in [3.05, 3.63) is 58.4 Å². The third-order valence-electron chi connectivity index (χ3n) is 7.36. The lowest BCUT2D eigenvalue weighted by Crippen LogP contribution is -2.49. The van der Waals surface area contributed by atoms with E-state index in [1.165, 1.54) is 23.4 Å². The van der Waals surface area contributed by atoms with E-state index in [-0.39, 0.29) is 44.8 Å². The van der Waals surface area contributed by atoms with E-state index in [0.717, 1.165) is 31.2 Å². The van der Waals surface area contributed by atoms with Crippen LogP contribution >= 0.6 is 11.6 Å². The van der Waals surface area contributed by atoms with Crippen molar-refractivity contribution in [2.75, 3.05) is 6.26 Å². The summed E-state index contributed by atoms with van der Waals surface area (Å²) in [5.74, 6) is -2.09. The molecule has 5 atom stereocenters. The molecule has 2 saturated carbocycles. The van der Waals surface area contributed by atoms with Crippen molar-refractivity contribution in [3.8, 4) is 0 Å². The maximum Gasteiger partial charge on any atom is 0.256 e. The van der Waals surface area contributed by atoms with Crippen molar-refractivity contribution in [3.63, 3.8) is 0 Å². The Bertz CT molecular complexity index is 1330. The minimum Gasteiger partial charge on any atom is -0.347 e. The minimum atomic E-state index is -3.57. The van der Waals surface area contributed by atoms with Gasteiger partial charge in [0.1, 0.15) is 17.7 Å². The van der Waals surface area contributed by atoms with Gasteiger partial charge in [0.15, 0.2) is 9.84 Å². The van der Waals surface area contributed by atoms with Gasteiger partial charge in [0.05, 0.1) is 21.5 Å². The molecule has 11 heteroatoms. The molecule has 1 aromatic carbocycles. The molecule has 0 unspecified atom stereocenters. The first-order valence-electron chi connectivity index (χ1n) is 11.4. The molecule has 5 rings (SSSR count). The minimum absolute atomic E-state index is 0.0298. The summed E-state index contributed by atoms with van der Waals surface area (Å²) in [6.07, 6.45) is 5.44. The van der Waals surface area contributed by atoms with Gasteiger partial charge >= 0.3 is 0 Å². The number of aromatic nitrogens is 1. The summed E-state index contributed by atoms with van der Waals surface area (Å²) in [5, 5.41) is 2.52. The van der Waals surface area contributed by atoms with Gasteiger partial charge in [-0.15, -0.1) is 0 Å². The monoisotopic (exact) mass is 523 g/mol. The summed E-state index contributed by atoms with van der Waals surface area (Å²) >= 11 is 5.69. The van der Waals surface area contributed by atoms with E-state index in [4.69, 9.17) is 11.6 Å². The largest absolute Gasteiger partial charge is 0.347 e. The van der Waals surface area contributed by atoms with E-state index >= 15 is 0 Å². The van der Waals surface area contributed by atoms with E-state index in [1.54, 1.807) is 0 Å². The first kappa shape index (κ1) is 24.1. The summed E-state index contributed by atoms with van der Waals surface area (Å²) in [5.41, 5.74) is 0.109. The van der Waals surface area contributed by atoms with Crippen LogP contribution in [-0.4, -0.2) is 48.5 Å². The standard InChI is InChI=1S/C24H24ClF2N3O4S/c1-11-15-7-20(30(22(11)15)24(32)13-5-14(10-28-9-13)35(2,33)34)23(31)29-21(12-3-4-12)16-6-19(27)17(25)8-18(16)26/h5-6,8-12,15,20-22H,3-4,7H2,1-2H3,(H,29,31)/t11-,15+,20+,21+,22-/m0/s1. The molecule has 2 heterocycles. The molecule has 7 nitrogen and oxygen atoms in total. The number of nitrogens with one attached hydrogen (secondary N) is 1. The number of halogens is 3. The fourth-order valence-electron chi connectivity index (χ4n) is 5.22. The van der Waals surface area contributed by atoms with Crippen LogP contribution in [0.4, 0.5) is 8.78 Å². The number of pyridine rings is 1. The molecule has 3 aliphatic rings. The number of hydrogen-bond donors (Lipinski definition) is 1. The lowest BCUT2D eigenvalue weighted by Gasteiger charge is -2.30. The Kier molecular flexibility index (Phi) is 5.87. The average Bonchev–Trinajstić information content (AvgIpc) is 3.70. The van der Waals surface area contributed by atoms with Gasteiger partial charge in [-0.1, -0.05) is 18.5 Å². The highest BCUT2D eigenvalue weighted by atomic mass is 35.5. The summed E-state index contributed by atoms with van der Waals surface area (Å²) in [4.78, 5) is 32.2. The van der Waals surface area contributed by atoms with Gasteiger partial charge in [-0.3, -0.25) is 14.6 Å². The second kappa shape index (κ2) is 8.51. The lowest BCUT2D eigenvalue weighted by atomic mass is 10.00. The normalized spacial score (nSPS) is 26.3. The Morgan fingerprint density at radius 1 is 1.17 bits per heavy atom. The van der Waals surface area contributed by atoms with Crippen molar-refractivity contribution < 1.29 is 26.8 Å². The van der Waals surface area contributed by atoms with Crippen LogP contribution in [0.15, 0.2) is 35.5 Å². The van der Waals surface area contributed by atoms with Crippen LogP contribution in [0.5, 0.6) is 0 Å². The van der Waals surface area contributed by atoms with Crippen LogP contribution in [0.2, 0.25) is 5.02 Å². The summed E-state index contributed by atoms with van der Waals surface area (Å²) < 4.78 is 52.6. The van der Waals surface area contributed by atoms with Crippen LogP contribution in [0, 0.1) is 29.4 Å². The van der Waals surface area contributed by atoms with Crippen LogP contribution in [0.25, 0.3) is 0 Å². The smallest absolute Gasteiger partial charge is 0.256 e. The summed E-state index contributed by atoms with van der Waals surface area (Å²) in [6, 6.07) is 1.48. The van der Waals surface area contributed by atoms with Crippen LogP contribution in [0.3, 0.4) is 0 Å². The molecule has 3 fully saturated rings. The maximum absolute atomic E-state index is 14.7. The number of fused-ring (bicyclic) bond motifs is 1. The third-order valence-corrected chi connectivity index (χ3v) is 8.72. The highest BCUT2D eigenvalue weighted by Crippen LogP contribution is 2.54. The molecule has 2 aliphatic carbocycles. The second-order valence-corrected chi connectivity index (χ2v) is 12.2. The number of carbonyl (C=O) groups excluding carboxylic acids is 2. The molecule has 1 N–H and O–H groups in total. The zero-order valence-electron chi connectivity index (χ0n) is 19.0. The van der Waals surface area contributed by atoms with Crippen LogP contribution in [-0.2, 0) is 14.6 Å². The molecular weight excluding hydrogens is 500 g/mol. The molecule has 0 bridgehead atoms. The Hall–Kier alpha value is -2.59. The molecule has 2 aromatic rings. The Morgan fingerprint density at radius 3 is 2.54 bits per heavy atom. The molecule has 1 saturated heterocycles. The SMILES string of the molecule is C[C@H]1[C@H]2C[C@H](C(=O)N[C@@H](c3cc(F)c(Cl)cc3F)C3CC3)N(C(=O)c3cncc(S(C)(=O)=O)c3)[C@@H]12. The van der Waals surface area contributed by atoms with Crippen molar-refractivity contribution in [1.82, 2.24) is 15.2 Å². The van der Waals surface area contributed by atoms with Gasteiger partial charge in [-0.25, -0.2) is 17.2 Å². The van der Waals surface area contributed by atoms with Gasteiger partial charge in [-0.05, 0) is 55.2 Å². The first-order chi connectivity index (χ1) is 16.5. The van der Waals surface area contributed by atoms with E-state index in [2.05, 4.69) is 10.3 Å².